The van der Waals surface area contributed by atoms with Crippen molar-refractivity contribution < 1.29 is 76.5 Å². The fourth-order valence-corrected chi connectivity index (χ4v) is 11.0. The molecule has 12 rings (SSSR count). The fourth-order valence-electron chi connectivity index (χ4n) is 11.0. The molecule has 4 saturated heterocycles. The van der Waals surface area contributed by atoms with Gasteiger partial charge in [-0.3, -0.25) is 0 Å². The number of benzene rings is 6. The Kier molecular flexibility index (Phi) is 16.9. The van der Waals surface area contributed by atoms with Crippen LogP contribution in [0.1, 0.15) is 85.0 Å². The molecular weight excluding hydrogens is 1080 g/mol. The summed E-state index contributed by atoms with van der Waals surface area (Å²) in [5.74, 6) is 2.43. The highest BCUT2D eigenvalue weighted by Crippen LogP contribution is 2.65. The van der Waals surface area contributed by atoms with E-state index in [1.165, 1.54) is 12.2 Å². The molecule has 2 aliphatic carbocycles. The first-order valence-corrected chi connectivity index (χ1v) is 28.8. The summed E-state index contributed by atoms with van der Waals surface area (Å²) in [4.78, 5) is 51.9. The molecule has 6 aromatic carbocycles. The summed E-state index contributed by atoms with van der Waals surface area (Å²) in [6, 6.07) is 38.0. The molecule has 4 heterocycles. The predicted molar refractivity (Wildman–Crippen MR) is 316 cm³/mol. The number of ether oxygens (including phenoxy) is 10. The van der Waals surface area contributed by atoms with Gasteiger partial charge < -0.3 is 57.1 Å². The first-order valence-electron chi connectivity index (χ1n) is 28.8. The SMILES string of the molecule is CC1(C)CC2(CC(C)(C)c3cc(OC(=O)/C=C/c4ccc(OCC5CO5)cc4)c(OC(=O)/C=C/c4ccc(OCC5CO5)cc4)cc32)c2cc(OOC/C=C/c3ccc(OCC4CO4)cc3)c(OOC/C=C/c3ccc(OCC4CO4)cc3)cc21. The third-order valence-corrected chi connectivity index (χ3v) is 15.5. The third kappa shape index (κ3) is 15.0. The van der Waals surface area contributed by atoms with Gasteiger partial charge in [0.15, 0.2) is 11.5 Å². The Bertz CT molecular complexity index is 3460. The van der Waals surface area contributed by atoms with Gasteiger partial charge in [0.25, 0.3) is 0 Å². The van der Waals surface area contributed by atoms with E-state index in [0.29, 0.717) is 75.5 Å². The minimum atomic E-state index is -0.667. The molecule has 16 nitrogen and oxygen atoms in total. The third-order valence-electron chi connectivity index (χ3n) is 15.5. The second kappa shape index (κ2) is 25.2. The molecule has 0 radical (unpaired) electrons. The average Bonchev–Trinajstić information content (AvgIpc) is 1.59. The highest BCUT2D eigenvalue weighted by molar-refractivity contribution is 5.91. The van der Waals surface area contributed by atoms with Crippen molar-refractivity contribution in [3.05, 3.63) is 190 Å². The Morgan fingerprint density at radius 1 is 0.424 bits per heavy atom. The van der Waals surface area contributed by atoms with Crippen LogP contribution in [0.15, 0.2) is 146 Å². The van der Waals surface area contributed by atoms with Crippen LogP contribution in [0.5, 0.6) is 46.0 Å². The van der Waals surface area contributed by atoms with Crippen molar-refractivity contribution in [1.82, 2.24) is 0 Å². The second-order valence-corrected chi connectivity index (χ2v) is 23.3. The second-order valence-electron chi connectivity index (χ2n) is 23.3. The van der Waals surface area contributed by atoms with Crippen molar-refractivity contribution in [2.75, 3.05) is 66.1 Å². The average molecular weight is 1150 g/mol. The zero-order valence-corrected chi connectivity index (χ0v) is 48.0. The van der Waals surface area contributed by atoms with Crippen LogP contribution in [0, 0.1) is 0 Å². The van der Waals surface area contributed by atoms with Gasteiger partial charge >= 0.3 is 11.9 Å². The van der Waals surface area contributed by atoms with Crippen molar-refractivity contribution in [2.45, 2.75) is 81.2 Å². The van der Waals surface area contributed by atoms with Crippen molar-refractivity contribution in [3.63, 3.8) is 0 Å². The van der Waals surface area contributed by atoms with Gasteiger partial charge in [-0.25, -0.2) is 9.59 Å². The molecule has 5 unspecified atom stereocenters. The number of hydrogen-bond donors (Lipinski definition) is 0. The van der Waals surface area contributed by atoms with Gasteiger partial charge in [-0.15, -0.1) is 0 Å². The summed E-state index contributed by atoms with van der Waals surface area (Å²) in [5, 5.41) is 0. The van der Waals surface area contributed by atoms with E-state index in [1.807, 2.05) is 146 Å². The van der Waals surface area contributed by atoms with E-state index < -0.39 is 28.2 Å². The fraction of sp³-hybridized carbons (Fsp3) is 0.333. The molecule has 6 aromatic rings. The molecule has 4 aliphatic heterocycles. The van der Waals surface area contributed by atoms with Crippen LogP contribution in [0.25, 0.3) is 24.3 Å². The maximum atomic E-state index is 14.0. The highest BCUT2D eigenvalue weighted by Gasteiger charge is 2.57. The standard InChI is InChI=1S/C69H68O16/c1-67(2)43-69(59-33-62(83-66(71)28-18-48-15-25-52(26-16-48)75-38-56-42-79-56)61(31-57(59)67)82-65(70)27-17-47-13-23-51(24-14-47)74-37-55-41-78-55)44-68(3,4)58-32-63(84-80-29-5-7-45-9-19-49(20-10-45)72-35-53-39-76-53)64(34-60(58)69)85-81-30-6-8-46-11-21-50(22-12-46)73-36-54-40-77-54/h5-28,31-34,53-56H,29-30,35-44H2,1-4H3/b7-5+,8-6+,27-17+,28-18+. The first kappa shape index (κ1) is 57.2. The summed E-state index contributed by atoms with van der Waals surface area (Å²) in [7, 11) is 0. The largest absolute Gasteiger partial charge is 0.491 e. The van der Waals surface area contributed by atoms with Crippen LogP contribution in [0.4, 0.5) is 0 Å². The van der Waals surface area contributed by atoms with E-state index in [4.69, 9.17) is 66.9 Å². The van der Waals surface area contributed by atoms with Gasteiger partial charge in [0, 0.05) is 17.6 Å². The zero-order chi connectivity index (χ0) is 58.4. The molecule has 440 valence electrons. The molecule has 0 N–H and O–H groups in total. The summed E-state index contributed by atoms with van der Waals surface area (Å²) >= 11 is 0. The zero-order valence-electron chi connectivity index (χ0n) is 48.0. The Morgan fingerprint density at radius 2 is 0.718 bits per heavy atom. The van der Waals surface area contributed by atoms with Crippen molar-refractivity contribution in [3.8, 4) is 46.0 Å². The van der Waals surface area contributed by atoms with Gasteiger partial charge in [-0.1, -0.05) is 101 Å². The van der Waals surface area contributed by atoms with Gasteiger partial charge in [-0.2, -0.15) is 9.78 Å². The molecule has 0 saturated carbocycles. The maximum absolute atomic E-state index is 14.0. The number of rotatable bonds is 28. The van der Waals surface area contributed by atoms with E-state index >= 15 is 0 Å². The van der Waals surface area contributed by atoms with Crippen molar-refractivity contribution in [2.24, 2.45) is 0 Å². The quantitative estimate of drug-likeness (QED) is 0.00861. The van der Waals surface area contributed by atoms with E-state index in [9.17, 15) is 9.59 Å². The number of hydrogen-bond acceptors (Lipinski definition) is 16. The molecule has 6 aliphatic rings. The summed E-state index contributed by atoms with van der Waals surface area (Å²) in [5.41, 5.74) is 5.77. The van der Waals surface area contributed by atoms with Gasteiger partial charge in [0.1, 0.15) is 87.1 Å². The molecule has 0 bridgehead atoms. The van der Waals surface area contributed by atoms with Gasteiger partial charge in [0.05, 0.1) is 26.4 Å². The lowest BCUT2D eigenvalue weighted by Crippen LogP contribution is -2.27. The maximum Gasteiger partial charge on any atom is 0.336 e. The topological polar surface area (TPSA) is 177 Å². The lowest BCUT2D eigenvalue weighted by atomic mass is 9.72. The summed E-state index contributed by atoms with van der Waals surface area (Å²) < 4.78 is 56.6. The lowest BCUT2D eigenvalue weighted by molar-refractivity contribution is -0.218. The number of fused-ring (bicyclic) bond motifs is 4. The van der Waals surface area contributed by atoms with Crippen LogP contribution in [-0.2, 0) is 54.6 Å². The van der Waals surface area contributed by atoms with Crippen LogP contribution in [0.2, 0.25) is 0 Å². The Balaban J connectivity index is 0.817. The predicted octanol–water partition coefficient (Wildman–Crippen LogP) is 11.7. The van der Waals surface area contributed by atoms with E-state index in [2.05, 4.69) is 27.7 Å². The van der Waals surface area contributed by atoms with Crippen molar-refractivity contribution >= 4 is 36.2 Å². The normalized spacial score (nSPS) is 21.7. The number of esters is 2. The minimum Gasteiger partial charge on any atom is -0.491 e. The molecule has 4 fully saturated rings. The molecule has 1 spiro atoms. The Hall–Kier alpha value is -8.22. The van der Waals surface area contributed by atoms with E-state index in [0.717, 1.165) is 69.2 Å². The van der Waals surface area contributed by atoms with Crippen LogP contribution in [0.3, 0.4) is 0 Å². The van der Waals surface area contributed by atoms with E-state index in [1.54, 1.807) is 12.2 Å². The molecule has 16 heteroatoms. The highest BCUT2D eigenvalue weighted by atomic mass is 17.2. The Labute approximate surface area is 494 Å². The van der Waals surface area contributed by atoms with Crippen LogP contribution >= 0.6 is 0 Å². The van der Waals surface area contributed by atoms with Crippen LogP contribution < -0.4 is 38.2 Å². The minimum absolute atomic E-state index is 0.0849. The number of carbonyl (C=O) groups excluding carboxylic acids is 2. The molecule has 5 atom stereocenters. The molecule has 0 amide bonds. The van der Waals surface area contributed by atoms with E-state index in [-0.39, 0.29) is 49.1 Å². The number of carbonyl (C=O) groups is 2. The first-order chi connectivity index (χ1) is 41.3. The van der Waals surface area contributed by atoms with Gasteiger partial charge in [0.2, 0.25) is 11.5 Å². The van der Waals surface area contributed by atoms with Gasteiger partial charge in [-0.05, 0) is 153 Å². The van der Waals surface area contributed by atoms with Crippen molar-refractivity contribution in [1.29, 1.82) is 0 Å². The number of epoxide rings is 4. The summed E-state index contributed by atoms with van der Waals surface area (Å²) in [6.45, 7) is 13.9. The lowest BCUT2D eigenvalue weighted by Gasteiger charge is -2.30. The smallest absolute Gasteiger partial charge is 0.336 e. The van der Waals surface area contributed by atoms with Crippen LogP contribution in [-0.4, -0.2) is 102 Å². The molecule has 0 aromatic heterocycles. The summed E-state index contributed by atoms with van der Waals surface area (Å²) in [6.07, 6.45) is 15.5. The Morgan fingerprint density at radius 3 is 1.05 bits per heavy atom. The molecule has 85 heavy (non-hydrogen) atoms. The molecular formula is C69H68O16. The monoisotopic (exact) mass is 1150 g/mol.